The summed E-state index contributed by atoms with van der Waals surface area (Å²) >= 11 is 0. The zero-order valence-electron chi connectivity index (χ0n) is 10.4. The Morgan fingerprint density at radius 3 is 2.47 bits per heavy atom. The van der Waals surface area contributed by atoms with Crippen molar-refractivity contribution in [2.45, 2.75) is 58.9 Å². The van der Waals surface area contributed by atoms with Crippen LogP contribution in [-0.2, 0) is 12.0 Å². The molecule has 0 N–H and O–H groups in total. The fraction of sp³-hybridized carbons (Fsp3) is 0.769. The number of nitrogens with zero attached hydrogens (tertiary/aromatic N) is 2. The number of aryl methyl sites for hydroxylation is 1. The Kier molecular flexibility index (Phi) is 2.61. The Balaban J connectivity index is 2.13. The van der Waals surface area contributed by atoms with Gasteiger partial charge in [0.2, 0.25) is 0 Å². The van der Waals surface area contributed by atoms with Gasteiger partial charge in [-0.2, -0.15) is 0 Å². The van der Waals surface area contributed by atoms with Crippen LogP contribution in [0.15, 0.2) is 6.20 Å². The van der Waals surface area contributed by atoms with Crippen LogP contribution >= 0.6 is 0 Å². The van der Waals surface area contributed by atoms with E-state index in [1.54, 1.807) is 0 Å². The molecule has 0 radical (unpaired) electrons. The first-order valence-corrected chi connectivity index (χ1v) is 6.01. The van der Waals surface area contributed by atoms with Gasteiger partial charge in [-0.15, -0.1) is 0 Å². The molecule has 1 fully saturated rings. The molecule has 0 saturated heterocycles. The number of hydrogen-bond donors (Lipinski definition) is 0. The third-order valence-electron chi connectivity index (χ3n) is 3.42. The largest absolute Gasteiger partial charge is 0.335 e. The monoisotopic (exact) mass is 206 g/mol. The number of hydrogen-bond acceptors (Lipinski definition) is 1. The molecule has 2 nitrogen and oxygen atoms in total. The fourth-order valence-corrected chi connectivity index (χ4v) is 2.01. The maximum Gasteiger partial charge on any atom is 0.105 e. The Morgan fingerprint density at radius 2 is 2.07 bits per heavy atom. The summed E-state index contributed by atoms with van der Waals surface area (Å²) in [5.74, 6) is 2.08. The zero-order chi connectivity index (χ0) is 11.1. The summed E-state index contributed by atoms with van der Waals surface area (Å²) in [4.78, 5) is 4.66. The van der Waals surface area contributed by atoms with Crippen molar-refractivity contribution in [3.05, 3.63) is 17.7 Å². The van der Waals surface area contributed by atoms with Crippen LogP contribution in [0.5, 0.6) is 0 Å². The molecule has 2 rings (SSSR count). The van der Waals surface area contributed by atoms with E-state index in [-0.39, 0.29) is 5.41 Å². The zero-order valence-corrected chi connectivity index (χ0v) is 10.4. The highest BCUT2D eigenvalue weighted by molar-refractivity contribution is 5.12. The lowest BCUT2D eigenvalue weighted by atomic mass is 9.85. The van der Waals surface area contributed by atoms with Gasteiger partial charge in [-0.3, -0.25) is 0 Å². The van der Waals surface area contributed by atoms with Gasteiger partial charge in [-0.1, -0.05) is 27.2 Å². The standard InChI is InChI=1S/C13H22N2/c1-10-14-12(13(2,3)4)9-15(10)8-11-6-5-7-11/h9,11H,5-8H2,1-4H3. The first-order chi connectivity index (χ1) is 6.97. The molecule has 0 unspecified atom stereocenters. The summed E-state index contributed by atoms with van der Waals surface area (Å²) in [5, 5.41) is 0. The van der Waals surface area contributed by atoms with Crippen LogP contribution in [-0.4, -0.2) is 9.55 Å². The maximum atomic E-state index is 4.66. The molecule has 0 spiro atoms. The second-order valence-electron chi connectivity index (χ2n) is 5.87. The third-order valence-corrected chi connectivity index (χ3v) is 3.42. The predicted octanol–water partition coefficient (Wildman–Crippen LogP) is 3.29. The van der Waals surface area contributed by atoms with Crippen molar-refractivity contribution in [2.24, 2.45) is 5.92 Å². The van der Waals surface area contributed by atoms with Gasteiger partial charge < -0.3 is 4.57 Å². The summed E-state index contributed by atoms with van der Waals surface area (Å²) in [7, 11) is 0. The second-order valence-corrected chi connectivity index (χ2v) is 5.87. The van der Waals surface area contributed by atoms with Gasteiger partial charge in [0.1, 0.15) is 5.82 Å². The predicted molar refractivity (Wildman–Crippen MR) is 63.0 cm³/mol. The molecular weight excluding hydrogens is 184 g/mol. The molecule has 2 heteroatoms. The average molecular weight is 206 g/mol. The summed E-state index contributed by atoms with van der Waals surface area (Å²) < 4.78 is 2.34. The molecule has 1 aliphatic rings. The molecule has 15 heavy (non-hydrogen) atoms. The van der Waals surface area contributed by atoms with Gasteiger partial charge in [0, 0.05) is 18.2 Å². The maximum absolute atomic E-state index is 4.66. The van der Waals surface area contributed by atoms with Gasteiger partial charge in [-0.25, -0.2) is 4.98 Å². The Morgan fingerprint density at radius 1 is 1.40 bits per heavy atom. The van der Waals surface area contributed by atoms with Crippen LogP contribution in [0.2, 0.25) is 0 Å². The Labute approximate surface area is 92.7 Å². The SMILES string of the molecule is Cc1nc(C(C)(C)C)cn1CC1CCC1. The van der Waals surface area contributed by atoms with Crippen molar-refractivity contribution < 1.29 is 0 Å². The van der Waals surface area contributed by atoms with Crippen LogP contribution < -0.4 is 0 Å². The van der Waals surface area contributed by atoms with Gasteiger partial charge in [0.25, 0.3) is 0 Å². The van der Waals surface area contributed by atoms with Crippen molar-refractivity contribution >= 4 is 0 Å². The normalized spacial score (nSPS) is 17.9. The van der Waals surface area contributed by atoms with Gasteiger partial charge in [-0.05, 0) is 25.7 Å². The molecule has 1 saturated carbocycles. The highest BCUT2D eigenvalue weighted by Crippen LogP contribution is 2.29. The van der Waals surface area contributed by atoms with Crippen molar-refractivity contribution in [2.75, 3.05) is 0 Å². The summed E-state index contributed by atoms with van der Waals surface area (Å²) in [6, 6.07) is 0. The van der Waals surface area contributed by atoms with Gasteiger partial charge >= 0.3 is 0 Å². The van der Waals surface area contributed by atoms with Crippen molar-refractivity contribution in [3.63, 3.8) is 0 Å². The number of rotatable bonds is 2. The Bertz CT molecular complexity index is 340. The van der Waals surface area contributed by atoms with E-state index in [0.29, 0.717) is 0 Å². The molecule has 0 aromatic carbocycles. The van der Waals surface area contributed by atoms with Crippen LogP contribution in [0.1, 0.15) is 51.6 Å². The van der Waals surface area contributed by atoms with E-state index in [2.05, 4.69) is 43.4 Å². The smallest absolute Gasteiger partial charge is 0.105 e. The molecule has 1 aliphatic carbocycles. The van der Waals surface area contributed by atoms with E-state index < -0.39 is 0 Å². The van der Waals surface area contributed by atoms with Gasteiger partial charge in [0.05, 0.1) is 5.69 Å². The molecular formula is C13H22N2. The number of imidazole rings is 1. The third kappa shape index (κ3) is 2.24. The lowest BCUT2D eigenvalue weighted by molar-refractivity contribution is 0.274. The Hall–Kier alpha value is -0.790. The topological polar surface area (TPSA) is 17.8 Å². The molecule has 0 bridgehead atoms. The number of aromatic nitrogens is 2. The first kappa shape index (κ1) is 10.7. The fourth-order valence-electron chi connectivity index (χ4n) is 2.01. The molecule has 0 amide bonds. The van der Waals surface area contributed by atoms with Crippen LogP contribution in [0.25, 0.3) is 0 Å². The molecule has 1 aromatic heterocycles. The van der Waals surface area contributed by atoms with Crippen LogP contribution in [0.4, 0.5) is 0 Å². The van der Waals surface area contributed by atoms with E-state index in [4.69, 9.17) is 0 Å². The molecule has 0 atom stereocenters. The molecule has 84 valence electrons. The average Bonchev–Trinajstić information content (AvgIpc) is 2.39. The second kappa shape index (κ2) is 3.66. The van der Waals surface area contributed by atoms with Crippen molar-refractivity contribution in [1.29, 1.82) is 0 Å². The van der Waals surface area contributed by atoms with Gasteiger partial charge in [0.15, 0.2) is 0 Å². The van der Waals surface area contributed by atoms with E-state index in [0.717, 1.165) is 5.92 Å². The summed E-state index contributed by atoms with van der Waals surface area (Å²) in [5.41, 5.74) is 1.40. The first-order valence-electron chi connectivity index (χ1n) is 6.01. The molecule has 0 aliphatic heterocycles. The van der Waals surface area contributed by atoms with Crippen molar-refractivity contribution in [1.82, 2.24) is 9.55 Å². The van der Waals surface area contributed by atoms with E-state index >= 15 is 0 Å². The lowest BCUT2D eigenvalue weighted by Gasteiger charge is -2.26. The van der Waals surface area contributed by atoms with Crippen LogP contribution in [0.3, 0.4) is 0 Å². The lowest BCUT2D eigenvalue weighted by Crippen LogP contribution is -2.18. The summed E-state index contributed by atoms with van der Waals surface area (Å²) in [6.45, 7) is 9.97. The van der Waals surface area contributed by atoms with Crippen molar-refractivity contribution in [3.8, 4) is 0 Å². The minimum absolute atomic E-state index is 0.176. The molecule has 1 heterocycles. The summed E-state index contributed by atoms with van der Waals surface area (Å²) in [6.07, 6.45) is 6.48. The van der Waals surface area contributed by atoms with E-state index in [9.17, 15) is 0 Å². The minimum Gasteiger partial charge on any atom is -0.335 e. The minimum atomic E-state index is 0.176. The van der Waals surface area contributed by atoms with E-state index in [1.165, 1.54) is 37.3 Å². The quantitative estimate of drug-likeness (QED) is 0.726. The van der Waals surface area contributed by atoms with Crippen LogP contribution in [0, 0.1) is 12.8 Å². The highest BCUT2D eigenvalue weighted by atomic mass is 15.1. The highest BCUT2D eigenvalue weighted by Gasteiger charge is 2.22. The molecule has 1 aromatic rings. The van der Waals surface area contributed by atoms with E-state index in [1.807, 2.05) is 0 Å².